The van der Waals surface area contributed by atoms with Gasteiger partial charge in [-0.05, 0) is 122 Å². The van der Waals surface area contributed by atoms with Crippen LogP contribution in [-0.4, -0.2) is 55.2 Å². The van der Waals surface area contributed by atoms with Gasteiger partial charge in [0, 0.05) is 0 Å². The monoisotopic (exact) mass is 544 g/mol. The summed E-state index contributed by atoms with van der Waals surface area (Å²) < 4.78 is 4.98. The predicted molar refractivity (Wildman–Crippen MR) is 148 cm³/mol. The van der Waals surface area contributed by atoms with Crippen LogP contribution in [0.2, 0.25) is 0 Å². The van der Waals surface area contributed by atoms with E-state index >= 15 is 0 Å². The molecule has 5 rings (SSSR count). The molecule has 1 heterocycles. The van der Waals surface area contributed by atoms with Crippen LogP contribution < -0.4 is 0 Å². The van der Waals surface area contributed by atoms with Crippen molar-refractivity contribution >= 4 is 5.97 Å². The number of rotatable bonds is 9. The Morgan fingerprint density at radius 2 is 1.82 bits per heavy atom. The van der Waals surface area contributed by atoms with Crippen LogP contribution in [0, 0.1) is 52.3 Å². The van der Waals surface area contributed by atoms with Crippen LogP contribution in [0.1, 0.15) is 105 Å². The third-order valence-corrected chi connectivity index (χ3v) is 12.3. The van der Waals surface area contributed by atoms with E-state index < -0.39 is 0 Å². The number of carbonyl (C=O) groups excluding carboxylic acids is 1. The number of ether oxygens (including phenoxy) is 1. The first-order valence-electron chi connectivity index (χ1n) is 15.9. The Morgan fingerprint density at radius 3 is 2.56 bits per heavy atom. The summed E-state index contributed by atoms with van der Waals surface area (Å²) in [6, 6.07) is 0. The average molecular weight is 545 g/mol. The van der Waals surface area contributed by atoms with Crippen molar-refractivity contribution in [3.63, 3.8) is 0 Å². The highest BCUT2D eigenvalue weighted by Gasteiger charge is 2.64. The Bertz CT molecular complexity index is 1000. The normalized spacial score (nSPS) is 42.3. The molecule has 39 heavy (non-hydrogen) atoms. The van der Waals surface area contributed by atoms with E-state index in [0.717, 1.165) is 38.5 Å². The van der Waals surface area contributed by atoms with E-state index in [4.69, 9.17) is 4.74 Å². The van der Waals surface area contributed by atoms with Gasteiger partial charge in [0.2, 0.25) is 0 Å². The maximum absolute atomic E-state index is 11.9. The fraction of sp³-hybridized carbons (Fsp3) is 0.935. The fourth-order valence-corrected chi connectivity index (χ4v) is 10.5. The van der Waals surface area contributed by atoms with Crippen LogP contribution in [0.4, 0.5) is 0 Å². The van der Waals surface area contributed by atoms with Gasteiger partial charge in [0.05, 0.1) is 25.4 Å². The van der Waals surface area contributed by atoms with Crippen LogP contribution in [0.25, 0.3) is 0 Å². The summed E-state index contributed by atoms with van der Waals surface area (Å²) >= 11 is 0. The van der Waals surface area contributed by atoms with Crippen LogP contribution in [0.3, 0.4) is 0 Å². The van der Waals surface area contributed by atoms with E-state index in [9.17, 15) is 15.0 Å². The minimum Gasteiger partial charge on any atom is -0.466 e. The number of esters is 1. The summed E-state index contributed by atoms with van der Waals surface area (Å²) in [5.41, 5.74) is 0.543. The van der Waals surface area contributed by atoms with Crippen molar-refractivity contribution in [3.05, 3.63) is 5.82 Å². The number of hydrogen-bond donors (Lipinski definition) is 2. The maximum Gasteiger partial charge on any atom is 0.313 e. The van der Waals surface area contributed by atoms with E-state index in [0.29, 0.717) is 60.4 Å². The molecule has 0 aliphatic heterocycles. The van der Waals surface area contributed by atoms with Gasteiger partial charge in [0.15, 0.2) is 5.82 Å². The van der Waals surface area contributed by atoms with Crippen LogP contribution in [0.5, 0.6) is 0 Å². The molecule has 0 spiro atoms. The SMILES string of the molecule is CCOC(=O)Cc1nnn(CCC[C@@H](C)[C@H]2CC[C@H]3[C@@H]4[C@H](O)[C@H](CC)[C@@H]5C[C@H](O)CC[C@]5(C)[C@H]4CC[C@]23C)n1. The molecule has 0 amide bonds. The molecule has 0 radical (unpaired) electrons. The molecule has 0 aromatic carbocycles. The highest BCUT2D eigenvalue weighted by molar-refractivity contribution is 5.71. The van der Waals surface area contributed by atoms with Crippen LogP contribution in [0.15, 0.2) is 0 Å². The Kier molecular flexibility index (Phi) is 8.46. The van der Waals surface area contributed by atoms with E-state index in [1.807, 2.05) is 0 Å². The first-order chi connectivity index (χ1) is 18.6. The number of nitrogens with zero attached hydrogens (tertiary/aromatic N) is 4. The second-order valence-electron chi connectivity index (χ2n) is 14.0. The molecule has 1 aromatic rings. The molecular formula is C31H52N4O4. The molecule has 4 fully saturated rings. The van der Waals surface area contributed by atoms with Crippen molar-refractivity contribution in [2.24, 2.45) is 52.3 Å². The quantitative estimate of drug-likeness (QED) is 0.429. The van der Waals surface area contributed by atoms with Crippen molar-refractivity contribution in [1.29, 1.82) is 0 Å². The van der Waals surface area contributed by atoms with Gasteiger partial charge in [0.25, 0.3) is 0 Å². The Balaban J connectivity index is 1.23. The second kappa shape index (κ2) is 11.4. The molecule has 4 saturated carbocycles. The molecule has 4 aliphatic carbocycles. The average Bonchev–Trinajstić information content (AvgIpc) is 3.49. The standard InChI is InChI=1S/C31H52N4O4/c1-6-21-25-17-20(36)12-14-31(25,5)24-13-15-30(4)22(10-11-23(30)28(24)29(21)38)19(3)9-8-16-35-33-26(32-34-35)18-27(37)39-7-2/h19-25,28-29,36,38H,6-18H2,1-5H3/t19-,20-,21-,22-,23+,24+,25+,28+,29-,30-,31-/m1/s1. The first-order valence-corrected chi connectivity index (χ1v) is 15.9. The molecule has 8 heteroatoms. The van der Waals surface area contributed by atoms with Crippen LogP contribution in [-0.2, 0) is 22.5 Å². The molecule has 0 unspecified atom stereocenters. The zero-order valence-corrected chi connectivity index (χ0v) is 24.9. The van der Waals surface area contributed by atoms with E-state index in [1.165, 1.54) is 25.7 Å². The summed E-state index contributed by atoms with van der Waals surface area (Å²) in [5.74, 6) is 3.74. The maximum atomic E-state index is 11.9. The molecule has 0 saturated heterocycles. The number of fused-ring (bicyclic) bond motifs is 5. The molecule has 220 valence electrons. The third-order valence-electron chi connectivity index (χ3n) is 12.3. The lowest BCUT2D eigenvalue weighted by atomic mass is 9.41. The van der Waals surface area contributed by atoms with Gasteiger partial charge in [-0.3, -0.25) is 4.79 Å². The first kappa shape index (κ1) is 29.0. The summed E-state index contributed by atoms with van der Waals surface area (Å²) in [4.78, 5) is 13.3. The summed E-state index contributed by atoms with van der Waals surface area (Å²) in [6.45, 7) is 12.6. The number of aliphatic hydroxyl groups is 2. The van der Waals surface area contributed by atoms with Gasteiger partial charge in [-0.25, -0.2) is 0 Å². The number of aliphatic hydroxyl groups excluding tert-OH is 2. The van der Waals surface area contributed by atoms with E-state index in [-0.39, 0.29) is 35.4 Å². The van der Waals surface area contributed by atoms with Crippen molar-refractivity contribution in [2.75, 3.05) is 6.61 Å². The Hall–Kier alpha value is -1.54. The highest BCUT2D eigenvalue weighted by atomic mass is 16.5. The van der Waals surface area contributed by atoms with E-state index in [2.05, 4.69) is 43.1 Å². The zero-order chi connectivity index (χ0) is 27.9. The van der Waals surface area contributed by atoms with Gasteiger partial charge < -0.3 is 14.9 Å². The Labute approximate surface area is 234 Å². The van der Waals surface area contributed by atoms with Crippen LogP contribution >= 0.6 is 0 Å². The van der Waals surface area contributed by atoms with Crippen molar-refractivity contribution < 1.29 is 19.7 Å². The number of hydrogen-bond acceptors (Lipinski definition) is 7. The summed E-state index contributed by atoms with van der Waals surface area (Å²) in [5, 5.41) is 35.0. The Morgan fingerprint density at radius 1 is 1.08 bits per heavy atom. The molecule has 2 N–H and O–H groups in total. The summed E-state index contributed by atoms with van der Waals surface area (Å²) in [7, 11) is 0. The molecule has 1 aromatic heterocycles. The number of tetrazole rings is 1. The third kappa shape index (κ3) is 5.18. The molecular weight excluding hydrogens is 492 g/mol. The van der Waals surface area contributed by atoms with Crippen molar-refractivity contribution in [1.82, 2.24) is 20.2 Å². The number of aryl methyl sites for hydroxylation is 1. The molecule has 0 bridgehead atoms. The lowest BCUT2D eigenvalue weighted by molar-refractivity contribution is -0.203. The minimum atomic E-state index is -0.316. The van der Waals surface area contributed by atoms with E-state index in [1.54, 1.807) is 11.7 Å². The predicted octanol–water partition coefficient (Wildman–Crippen LogP) is 4.82. The van der Waals surface area contributed by atoms with Gasteiger partial charge in [-0.1, -0.05) is 34.1 Å². The number of carbonyl (C=O) groups is 1. The lowest BCUT2D eigenvalue weighted by Gasteiger charge is -2.64. The van der Waals surface area contributed by atoms with Crippen molar-refractivity contribution in [3.8, 4) is 0 Å². The second-order valence-corrected chi connectivity index (χ2v) is 14.0. The highest BCUT2D eigenvalue weighted by Crippen LogP contribution is 2.69. The molecule has 8 nitrogen and oxygen atoms in total. The topological polar surface area (TPSA) is 110 Å². The van der Waals surface area contributed by atoms with Gasteiger partial charge in [-0.2, -0.15) is 4.80 Å². The van der Waals surface area contributed by atoms with Gasteiger partial charge in [-0.15, -0.1) is 10.2 Å². The lowest BCUT2D eigenvalue weighted by Crippen LogP contribution is -2.62. The van der Waals surface area contributed by atoms with Gasteiger partial charge >= 0.3 is 5.97 Å². The largest absolute Gasteiger partial charge is 0.466 e. The summed E-state index contributed by atoms with van der Waals surface area (Å²) in [6.07, 6.45) is 10.7. The zero-order valence-electron chi connectivity index (χ0n) is 24.9. The fourth-order valence-electron chi connectivity index (χ4n) is 10.5. The molecule has 11 atom stereocenters. The molecule has 4 aliphatic rings. The smallest absolute Gasteiger partial charge is 0.313 e. The van der Waals surface area contributed by atoms with Crippen molar-refractivity contribution in [2.45, 2.75) is 124 Å². The number of aromatic nitrogens is 4. The van der Waals surface area contributed by atoms with Gasteiger partial charge in [0.1, 0.15) is 6.42 Å². The minimum absolute atomic E-state index is 0.0688.